The van der Waals surface area contributed by atoms with Crippen LogP contribution in [-0.4, -0.2) is 96.7 Å². The van der Waals surface area contributed by atoms with E-state index in [2.05, 4.69) is 34.6 Å². The lowest BCUT2D eigenvalue weighted by Crippen LogP contribution is -2.30. The van der Waals surface area contributed by atoms with Crippen molar-refractivity contribution in [1.82, 2.24) is 0 Å². The van der Waals surface area contributed by atoms with Crippen LogP contribution >= 0.6 is 15.6 Å². The number of carbonyl (C=O) groups excluding carboxylic acids is 4. The molecule has 17 nitrogen and oxygen atoms in total. The van der Waals surface area contributed by atoms with Crippen molar-refractivity contribution in [3.8, 4) is 0 Å². The first-order valence-corrected chi connectivity index (χ1v) is 42.1. The van der Waals surface area contributed by atoms with Gasteiger partial charge in [-0.25, -0.2) is 9.13 Å². The van der Waals surface area contributed by atoms with E-state index in [0.29, 0.717) is 25.7 Å². The fraction of sp³-hybridized carbons (Fsp3) is 0.947. The third-order valence-electron chi connectivity index (χ3n) is 17.5. The van der Waals surface area contributed by atoms with Gasteiger partial charge in [-0.05, 0) is 31.6 Å². The molecule has 3 N–H and O–H groups in total. The van der Waals surface area contributed by atoms with Gasteiger partial charge in [0.05, 0.1) is 26.4 Å². The van der Waals surface area contributed by atoms with Crippen molar-refractivity contribution in [2.24, 2.45) is 5.92 Å². The standard InChI is InChI=1S/C75H146O17P2/c1-6-9-12-15-18-21-23-25-27-28-29-30-31-32-33-35-37-39-45-50-55-60-74(79)91-71(65-86-73(78)59-54-49-44-38-36-34-26-24-22-19-16-13-10-7-2)67-90-94(83,84)88-63-69(76)62-87-93(81,82)89-66-70(64-85-72(77)58-53-48-43-20-17-14-11-8-3)92-75(80)61-56-51-46-41-40-42-47-52-57-68(4)5/h68-71,76H,6-67H2,1-5H3,(H,81,82)(H,83,84)/t69-,70+,71+/m0/s1. The number of unbranched alkanes of at least 4 members (excludes halogenated alkanes) is 47. The van der Waals surface area contributed by atoms with Crippen LogP contribution in [0.4, 0.5) is 0 Å². The van der Waals surface area contributed by atoms with Crippen molar-refractivity contribution in [1.29, 1.82) is 0 Å². The van der Waals surface area contributed by atoms with Gasteiger partial charge in [-0.1, -0.05) is 343 Å². The second-order valence-corrected chi connectivity index (χ2v) is 30.4. The van der Waals surface area contributed by atoms with Gasteiger partial charge < -0.3 is 33.8 Å². The Labute approximate surface area is 575 Å². The lowest BCUT2D eigenvalue weighted by molar-refractivity contribution is -0.161. The Kier molecular flexibility index (Phi) is 66.8. The van der Waals surface area contributed by atoms with Gasteiger partial charge in [-0.3, -0.25) is 37.3 Å². The summed E-state index contributed by atoms with van der Waals surface area (Å²) in [5.74, 6) is -1.40. The normalized spacial score (nSPS) is 14.0. The van der Waals surface area contributed by atoms with Gasteiger partial charge >= 0.3 is 39.5 Å². The second kappa shape index (κ2) is 68.2. The highest BCUT2D eigenvalue weighted by molar-refractivity contribution is 7.47. The molecular weight excluding hydrogens is 1230 g/mol. The van der Waals surface area contributed by atoms with E-state index >= 15 is 0 Å². The monoisotopic (exact) mass is 1380 g/mol. The number of aliphatic hydroxyl groups is 1. The van der Waals surface area contributed by atoms with Crippen molar-refractivity contribution >= 4 is 39.5 Å². The number of phosphoric ester groups is 2. The summed E-state index contributed by atoms with van der Waals surface area (Å²) in [4.78, 5) is 72.6. The summed E-state index contributed by atoms with van der Waals surface area (Å²) in [5, 5.41) is 10.6. The van der Waals surface area contributed by atoms with Gasteiger partial charge in [0.1, 0.15) is 19.3 Å². The average Bonchev–Trinajstić information content (AvgIpc) is 1.61. The molecule has 0 aliphatic carbocycles. The van der Waals surface area contributed by atoms with E-state index in [-0.39, 0.29) is 25.7 Å². The average molecular weight is 1380 g/mol. The predicted molar refractivity (Wildman–Crippen MR) is 382 cm³/mol. The molecule has 0 spiro atoms. The summed E-state index contributed by atoms with van der Waals surface area (Å²) in [5.41, 5.74) is 0. The number of hydrogen-bond acceptors (Lipinski definition) is 15. The zero-order chi connectivity index (χ0) is 69.1. The van der Waals surface area contributed by atoms with E-state index in [4.69, 9.17) is 37.0 Å². The number of esters is 4. The van der Waals surface area contributed by atoms with Crippen LogP contribution in [0.15, 0.2) is 0 Å². The van der Waals surface area contributed by atoms with Crippen LogP contribution in [-0.2, 0) is 65.4 Å². The van der Waals surface area contributed by atoms with Crippen LogP contribution in [0.25, 0.3) is 0 Å². The van der Waals surface area contributed by atoms with Crippen molar-refractivity contribution < 1.29 is 80.2 Å². The van der Waals surface area contributed by atoms with E-state index in [1.165, 1.54) is 212 Å². The Morgan fingerprint density at radius 2 is 0.489 bits per heavy atom. The molecule has 0 saturated carbocycles. The van der Waals surface area contributed by atoms with Crippen LogP contribution in [0.3, 0.4) is 0 Å². The third kappa shape index (κ3) is 68.6. The molecule has 0 aromatic heterocycles. The SMILES string of the molecule is CCCCCCCCCCCCCCCCCCCCCCCC(=O)O[C@H](COC(=O)CCCCCCCCCCCCCCCC)COP(=O)(O)OC[C@@H](O)COP(=O)(O)OC[C@@H](COC(=O)CCCCCCCCCC)OC(=O)CCCCCCCCCCC(C)C. The van der Waals surface area contributed by atoms with Crippen LogP contribution in [0.5, 0.6) is 0 Å². The van der Waals surface area contributed by atoms with Crippen molar-refractivity contribution in [3.05, 3.63) is 0 Å². The van der Waals surface area contributed by atoms with Crippen LogP contribution in [0.1, 0.15) is 394 Å². The molecule has 5 atom stereocenters. The highest BCUT2D eigenvalue weighted by atomic mass is 31.2. The molecule has 0 amide bonds. The van der Waals surface area contributed by atoms with Gasteiger partial charge in [-0.15, -0.1) is 0 Å². The number of rotatable bonds is 75. The van der Waals surface area contributed by atoms with Gasteiger partial charge in [-0.2, -0.15) is 0 Å². The highest BCUT2D eigenvalue weighted by Crippen LogP contribution is 2.45. The van der Waals surface area contributed by atoms with Crippen LogP contribution < -0.4 is 0 Å². The molecule has 0 heterocycles. The van der Waals surface area contributed by atoms with Crippen molar-refractivity contribution in [3.63, 3.8) is 0 Å². The molecule has 19 heteroatoms. The molecule has 0 fully saturated rings. The van der Waals surface area contributed by atoms with Gasteiger partial charge in [0.15, 0.2) is 12.2 Å². The first kappa shape index (κ1) is 92.1. The number of aliphatic hydroxyl groups excluding tert-OH is 1. The summed E-state index contributed by atoms with van der Waals surface area (Å²) >= 11 is 0. The Hall–Kier alpha value is -1.94. The number of phosphoric acid groups is 2. The topological polar surface area (TPSA) is 237 Å². The molecule has 0 rings (SSSR count). The van der Waals surface area contributed by atoms with E-state index < -0.39 is 97.5 Å². The minimum atomic E-state index is -4.95. The Balaban J connectivity index is 5.17. The molecule has 0 aliphatic rings. The first-order valence-electron chi connectivity index (χ1n) is 39.1. The summed E-state index contributed by atoms with van der Waals surface area (Å²) in [6, 6.07) is 0. The smallest absolute Gasteiger partial charge is 0.462 e. The van der Waals surface area contributed by atoms with Gasteiger partial charge in [0, 0.05) is 25.7 Å². The minimum absolute atomic E-state index is 0.105. The molecule has 0 radical (unpaired) electrons. The molecule has 0 saturated heterocycles. The van der Waals surface area contributed by atoms with Crippen molar-refractivity contribution in [2.45, 2.75) is 412 Å². The fourth-order valence-corrected chi connectivity index (χ4v) is 13.1. The minimum Gasteiger partial charge on any atom is -0.462 e. The summed E-state index contributed by atoms with van der Waals surface area (Å²) < 4.78 is 68.4. The van der Waals surface area contributed by atoms with Gasteiger partial charge in [0.25, 0.3) is 0 Å². The molecule has 2 unspecified atom stereocenters. The zero-order valence-corrected chi connectivity index (χ0v) is 62.9. The molecule has 0 aromatic carbocycles. The number of carbonyl (C=O) groups is 4. The van der Waals surface area contributed by atoms with Gasteiger partial charge in [0.2, 0.25) is 0 Å². The molecule has 558 valence electrons. The van der Waals surface area contributed by atoms with E-state index in [0.717, 1.165) is 102 Å². The van der Waals surface area contributed by atoms with E-state index in [1.807, 2.05) is 0 Å². The maximum atomic E-state index is 13.1. The molecule has 0 aromatic rings. The molecule has 0 bridgehead atoms. The highest BCUT2D eigenvalue weighted by Gasteiger charge is 2.30. The largest absolute Gasteiger partial charge is 0.472 e. The summed E-state index contributed by atoms with van der Waals surface area (Å²) in [7, 11) is -9.90. The first-order chi connectivity index (χ1) is 45.5. The Morgan fingerprint density at radius 3 is 0.723 bits per heavy atom. The van der Waals surface area contributed by atoms with E-state index in [9.17, 15) is 43.2 Å². The quantitative estimate of drug-likeness (QED) is 0.0222. The predicted octanol–water partition coefficient (Wildman–Crippen LogP) is 22.1. The maximum absolute atomic E-state index is 13.1. The van der Waals surface area contributed by atoms with Crippen LogP contribution in [0, 0.1) is 5.92 Å². The number of hydrogen-bond donors (Lipinski definition) is 3. The lowest BCUT2D eigenvalue weighted by atomic mass is 10.0. The lowest BCUT2D eigenvalue weighted by Gasteiger charge is -2.21. The molecule has 0 aliphatic heterocycles. The molecule has 94 heavy (non-hydrogen) atoms. The fourth-order valence-electron chi connectivity index (χ4n) is 11.5. The number of ether oxygens (including phenoxy) is 4. The Bertz CT molecular complexity index is 1810. The van der Waals surface area contributed by atoms with Crippen molar-refractivity contribution in [2.75, 3.05) is 39.6 Å². The van der Waals surface area contributed by atoms with E-state index in [1.54, 1.807) is 0 Å². The second-order valence-electron chi connectivity index (χ2n) is 27.5. The maximum Gasteiger partial charge on any atom is 0.472 e. The van der Waals surface area contributed by atoms with Crippen LogP contribution in [0.2, 0.25) is 0 Å². The summed E-state index contributed by atoms with van der Waals surface area (Å²) in [6.07, 6.45) is 57.1. The third-order valence-corrected chi connectivity index (χ3v) is 19.4. The Morgan fingerprint density at radius 1 is 0.287 bits per heavy atom. The summed E-state index contributed by atoms with van der Waals surface area (Å²) in [6.45, 7) is 7.21. The zero-order valence-electron chi connectivity index (χ0n) is 61.1. The molecular formula is C75H146O17P2.